The molecule has 5 atom stereocenters. The number of nitrogens with one attached hydrogen (secondary N) is 3. The molecule has 0 heterocycles. The first-order chi connectivity index (χ1) is 18.9. The van der Waals surface area contributed by atoms with E-state index in [1.54, 1.807) is 30.3 Å². The second-order valence-corrected chi connectivity index (χ2v) is 9.36. The smallest absolute Gasteiger partial charge is 0.326 e. The van der Waals surface area contributed by atoms with Gasteiger partial charge >= 0.3 is 5.97 Å². The first-order valence-electron chi connectivity index (χ1n) is 12.5. The number of carbonyl (C=O) groups excluding carboxylic acids is 4. The van der Waals surface area contributed by atoms with Crippen LogP contribution in [-0.4, -0.2) is 75.2 Å². The van der Waals surface area contributed by atoms with E-state index in [9.17, 15) is 39.3 Å². The van der Waals surface area contributed by atoms with Crippen LogP contribution in [0.1, 0.15) is 30.9 Å². The number of benzene rings is 2. The number of primary amides is 1. The predicted octanol–water partition coefficient (Wildman–Crippen LogP) is -1.31. The Morgan fingerprint density at radius 1 is 0.800 bits per heavy atom. The Labute approximate surface area is 230 Å². The molecule has 5 unspecified atom stereocenters. The number of phenols is 1. The third-order valence-electron chi connectivity index (χ3n) is 6.01. The lowest BCUT2D eigenvalue weighted by atomic mass is 10.0. The third kappa shape index (κ3) is 10.3. The van der Waals surface area contributed by atoms with Gasteiger partial charge < -0.3 is 42.7 Å². The van der Waals surface area contributed by atoms with Crippen LogP contribution < -0.4 is 27.4 Å². The van der Waals surface area contributed by atoms with Gasteiger partial charge in [0.2, 0.25) is 23.6 Å². The van der Waals surface area contributed by atoms with E-state index in [0.717, 1.165) is 0 Å². The Bertz CT molecular complexity index is 1170. The molecule has 10 N–H and O–H groups in total. The maximum atomic E-state index is 13.3. The number of hydrogen-bond acceptors (Lipinski definition) is 8. The summed E-state index contributed by atoms with van der Waals surface area (Å²) >= 11 is 0. The molecule has 0 aliphatic carbocycles. The summed E-state index contributed by atoms with van der Waals surface area (Å²) in [5.41, 5.74) is 12.1. The van der Waals surface area contributed by atoms with Crippen LogP contribution in [0.4, 0.5) is 0 Å². The van der Waals surface area contributed by atoms with Gasteiger partial charge in [0.1, 0.15) is 23.9 Å². The normalized spacial score (nSPS) is 14.6. The maximum Gasteiger partial charge on any atom is 0.326 e. The van der Waals surface area contributed by atoms with Crippen molar-refractivity contribution < 1.29 is 39.3 Å². The van der Waals surface area contributed by atoms with E-state index in [0.29, 0.717) is 11.1 Å². The Morgan fingerprint density at radius 2 is 1.35 bits per heavy atom. The van der Waals surface area contributed by atoms with Gasteiger partial charge in [-0.15, -0.1) is 0 Å². The lowest BCUT2D eigenvalue weighted by molar-refractivity contribution is -0.143. The monoisotopic (exact) mass is 557 g/mol. The van der Waals surface area contributed by atoms with E-state index < -0.39 is 59.9 Å². The van der Waals surface area contributed by atoms with E-state index >= 15 is 0 Å². The van der Waals surface area contributed by atoms with E-state index in [2.05, 4.69) is 16.0 Å². The number of aromatic hydroxyl groups is 1. The first kappa shape index (κ1) is 31.7. The zero-order valence-electron chi connectivity index (χ0n) is 21.9. The fourth-order valence-corrected chi connectivity index (χ4v) is 3.76. The molecule has 0 saturated heterocycles. The van der Waals surface area contributed by atoms with Gasteiger partial charge in [0, 0.05) is 19.3 Å². The number of carbonyl (C=O) groups is 5. The maximum absolute atomic E-state index is 13.3. The molecule has 13 heteroatoms. The summed E-state index contributed by atoms with van der Waals surface area (Å²) in [6, 6.07) is 9.05. The minimum Gasteiger partial charge on any atom is -0.508 e. The van der Waals surface area contributed by atoms with Crippen molar-refractivity contribution in [2.75, 3.05) is 0 Å². The SMILES string of the molecule is CC(O)C(NC(=O)C(Cc1ccc(O)cc1)NC(=O)C(N)CCC(N)=O)C(=O)NC(Cc1ccccc1)C(=O)O. The minimum absolute atomic E-state index is 0.0170. The molecule has 0 spiro atoms. The van der Waals surface area contributed by atoms with Crippen LogP contribution in [0, 0.1) is 0 Å². The number of aliphatic carboxylic acids is 1. The number of rotatable bonds is 15. The molecule has 40 heavy (non-hydrogen) atoms. The second kappa shape index (κ2) is 15.2. The van der Waals surface area contributed by atoms with Crippen LogP contribution >= 0.6 is 0 Å². The predicted molar refractivity (Wildman–Crippen MR) is 143 cm³/mol. The molecule has 2 rings (SSSR count). The zero-order valence-corrected chi connectivity index (χ0v) is 21.9. The molecule has 0 aliphatic rings. The van der Waals surface area contributed by atoms with Gasteiger partial charge in [-0.2, -0.15) is 0 Å². The molecule has 0 aliphatic heterocycles. The van der Waals surface area contributed by atoms with E-state index in [-0.39, 0.29) is 31.4 Å². The number of carboxylic acid groups (broad SMARTS) is 1. The number of carboxylic acids is 1. The van der Waals surface area contributed by atoms with Crippen molar-refractivity contribution in [1.82, 2.24) is 16.0 Å². The topological polar surface area (TPSA) is 234 Å². The molecule has 0 fully saturated rings. The summed E-state index contributed by atoms with van der Waals surface area (Å²) in [5, 5.41) is 36.6. The molecule has 0 saturated carbocycles. The highest BCUT2D eigenvalue weighted by Gasteiger charge is 2.33. The number of nitrogens with two attached hydrogens (primary N) is 2. The second-order valence-electron chi connectivity index (χ2n) is 9.36. The van der Waals surface area contributed by atoms with Gasteiger partial charge in [0.15, 0.2) is 0 Å². The Kier molecular flexibility index (Phi) is 12.0. The van der Waals surface area contributed by atoms with E-state index in [1.165, 1.54) is 31.2 Å². The molecule has 2 aromatic carbocycles. The summed E-state index contributed by atoms with van der Waals surface area (Å²) in [7, 11) is 0. The van der Waals surface area contributed by atoms with Gasteiger partial charge in [-0.1, -0.05) is 42.5 Å². The quantitative estimate of drug-likeness (QED) is 0.130. The third-order valence-corrected chi connectivity index (χ3v) is 6.01. The average Bonchev–Trinajstić information content (AvgIpc) is 2.90. The number of phenolic OH excluding ortho intramolecular Hbond substituents is 1. The fraction of sp³-hybridized carbons (Fsp3) is 0.370. The Hall–Kier alpha value is -4.49. The highest BCUT2D eigenvalue weighted by molar-refractivity contribution is 5.94. The van der Waals surface area contributed by atoms with Crippen LogP contribution in [0.25, 0.3) is 0 Å². The van der Waals surface area contributed by atoms with Crippen molar-refractivity contribution in [3.05, 3.63) is 65.7 Å². The molecule has 0 aromatic heterocycles. The highest BCUT2D eigenvalue weighted by atomic mass is 16.4. The van der Waals surface area contributed by atoms with Crippen molar-refractivity contribution in [1.29, 1.82) is 0 Å². The fourth-order valence-electron chi connectivity index (χ4n) is 3.76. The Morgan fingerprint density at radius 3 is 1.90 bits per heavy atom. The molecule has 216 valence electrons. The van der Waals surface area contributed by atoms with Gasteiger partial charge in [0.25, 0.3) is 0 Å². The lowest BCUT2D eigenvalue weighted by Crippen LogP contribution is -2.60. The number of aliphatic hydroxyl groups is 1. The largest absolute Gasteiger partial charge is 0.508 e. The van der Waals surface area contributed by atoms with Crippen molar-refractivity contribution in [3.63, 3.8) is 0 Å². The van der Waals surface area contributed by atoms with Crippen LogP contribution in [0.5, 0.6) is 5.75 Å². The summed E-state index contributed by atoms with van der Waals surface area (Å²) < 4.78 is 0. The lowest BCUT2D eigenvalue weighted by Gasteiger charge is -2.26. The van der Waals surface area contributed by atoms with Crippen molar-refractivity contribution >= 4 is 29.6 Å². The van der Waals surface area contributed by atoms with Crippen LogP contribution in [0.3, 0.4) is 0 Å². The summed E-state index contributed by atoms with van der Waals surface area (Å²) in [5.74, 6) is -4.54. The number of hydrogen-bond donors (Lipinski definition) is 8. The van der Waals surface area contributed by atoms with Crippen molar-refractivity contribution in [2.45, 2.75) is 62.9 Å². The molecule has 4 amide bonds. The van der Waals surface area contributed by atoms with E-state index in [4.69, 9.17) is 11.5 Å². The molecular formula is C27H35N5O8. The minimum atomic E-state index is -1.56. The zero-order chi connectivity index (χ0) is 29.8. The number of amides is 4. The van der Waals surface area contributed by atoms with Crippen molar-refractivity contribution in [2.24, 2.45) is 11.5 Å². The van der Waals surface area contributed by atoms with E-state index in [1.807, 2.05) is 0 Å². The number of aliphatic hydroxyl groups excluding tert-OH is 1. The summed E-state index contributed by atoms with van der Waals surface area (Å²) in [4.78, 5) is 61.8. The standard InChI is InChI=1S/C27H35N5O8/c1-15(33)23(26(38)31-21(27(39)40)14-16-5-3-2-4-6-16)32-25(37)20(13-17-7-9-18(34)10-8-17)30-24(36)19(28)11-12-22(29)35/h2-10,15,19-21,23,33-34H,11-14,28H2,1H3,(H2,29,35)(H,30,36)(H,31,38)(H,32,37)(H,39,40). The highest BCUT2D eigenvalue weighted by Crippen LogP contribution is 2.12. The molecular weight excluding hydrogens is 522 g/mol. The molecule has 0 radical (unpaired) electrons. The molecule has 0 bridgehead atoms. The van der Waals surface area contributed by atoms with Gasteiger partial charge in [0.05, 0.1) is 12.1 Å². The summed E-state index contributed by atoms with van der Waals surface area (Å²) in [6.07, 6.45) is -1.77. The molecule has 2 aromatic rings. The Balaban J connectivity index is 2.20. The van der Waals surface area contributed by atoms with Gasteiger partial charge in [-0.25, -0.2) is 4.79 Å². The average molecular weight is 558 g/mol. The van der Waals surface area contributed by atoms with Gasteiger partial charge in [-0.05, 0) is 36.6 Å². The molecule has 13 nitrogen and oxygen atoms in total. The van der Waals surface area contributed by atoms with Crippen LogP contribution in [-0.2, 0) is 36.8 Å². The summed E-state index contributed by atoms with van der Waals surface area (Å²) in [6.45, 7) is 1.24. The van der Waals surface area contributed by atoms with Crippen LogP contribution in [0.2, 0.25) is 0 Å². The van der Waals surface area contributed by atoms with Crippen LogP contribution in [0.15, 0.2) is 54.6 Å². The van der Waals surface area contributed by atoms with Gasteiger partial charge in [-0.3, -0.25) is 19.2 Å². The first-order valence-corrected chi connectivity index (χ1v) is 12.5. The van der Waals surface area contributed by atoms with Crippen molar-refractivity contribution in [3.8, 4) is 5.75 Å².